The Morgan fingerprint density at radius 3 is 2.94 bits per heavy atom. The molecule has 2 N–H and O–H groups in total. The molecule has 5 heteroatoms. The lowest BCUT2D eigenvalue weighted by Gasteiger charge is -2.06. The predicted octanol–water partition coefficient (Wildman–Crippen LogP) is 2.50. The van der Waals surface area contributed by atoms with Crippen molar-refractivity contribution >= 4 is 23.3 Å². The van der Waals surface area contributed by atoms with Crippen LogP contribution >= 0.6 is 23.3 Å². The van der Waals surface area contributed by atoms with E-state index < -0.39 is 0 Å². The van der Waals surface area contributed by atoms with Crippen LogP contribution in [-0.2, 0) is 6.42 Å². The summed E-state index contributed by atoms with van der Waals surface area (Å²) >= 11 is 3.07. The first-order chi connectivity index (χ1) is 7.79. The topological polar surface area (TPSA) is 51.8 Å². The fraction of sp³-hybridized carbons (Fsp3) is 0.273. The summed E-state index contributed by atoms with van der Waals surface area (Å²) in [5, 5.41) is 0. The van der Waals surface area contributed by atoms with Gasteiger partial charge in [0.1, 0.15) is 6.33 Å². The molecule has 0 bridgehead atoms. The van der Waals surface area contributed by atoms with Crippen molar-refractivity contribution in [2.24, 2.45) is 5.73 Å². The summed E-state index contributed by atoms with van der Waals surface area (Å²) in [6.45, 7) is 2.82. The Bertz CT molecular complexity index is 454. The molecule has 0 aliphatic heterocycles. The van der Waals surface area contributed by atoms with Crippen LogP contribution in [0.3, 0.4) is 0 Å². The first-order valence-electron chi connectivity index (χ1n) is 5.03. The number of aryl methyl sites for hydroxylation is 1. The molecule has 0 aliphatic carbocycles. The van der Waals surface area contributed by atoms with Crippen LogP contribution < -0.4 is 5.73 Å². The van der Waals surface area contributed by atoms with E-state index in [1.165, 1.54) is 27.6 Å². The lowest BCUT2D eigenvalue weighted by atomic mass is 10.1. The molecule has 1 aromatic carbocycles. The second-order valence-electron chi connectivity index (χ2n) is 3.44. The van der Waals surface area contributed by atoms with Crippen LogP contribution in [-0.4, -0.2) is 15.9 Å². The minimum atomic E-state index is 0.698. The highest BCUT2D eigenvalue weighted by molar-refractivity contribution is 8.01. The third kappa shape index (κ3) is 2.81. The lowest BCUT2D eigenvalue weighted by Crippen LogP contribution is -2.03. The molecule has 0 fully saturated rings. The molecule has 16 heavy (non-hydrogen) atoms. The largest absolute Gasteiger partial charge is 0.330 e. The summed E-state index contributed by atoms with van der Waals surface area (Å²) in [7, 11) is 0. The number of rotatable bonds is 4. The summed E-state index contributed by atoms with van der Waals surface area (Å²) in [5.41, 5.74) is 8.17. The molecule has 0 unspecified atom stereocenters. The van der Waals surface area contributed by atoms with Crippen LogP contribution in [0.25, 0.3) is 0 Å². The molecular formula is C11H13N3S2. The molecule has 0 amide bonds. The Labute approximate surface area is 103 Å². The van der Waals surface area contributed by atoms with E-state index in [2.05, 4.69) is 34.5 Å². The van der Waals surface area contributed by atoms with Crippen molar-refractivity contribution in [3.8, 4) is 0 Å². The fourth-order valence-electron chi connectivity index (χ4n) is 1.48. The maximum atomic E-state index is 5.56. The average Bonchev–Trinajstić information content (AvgIpc) is 2.75. The monoisotopic (exact) mass is 251 g/mol. The van der Waals surface area contributed by atoms with Crippen molar-refractivity contribution in [3.05, 3.63) is 35.7 Å². The van der Waals surface area contributed by atoms with Crippen LogP contribution in [0, 0.1) is 6.92 Å². The molecule has 1 aromatic heterocycles. The zero-order valence-electron chi connectivity index (χ0n) is 9.01. The van der Waals surface area contributed by atoms with E-state index >= 15 is 0 Å². The van der Waals surface area contributed by atoms with Crippen molar-refractivity contribution in [1.82, 2.24) is 9.36 Å². The van der Waals surface area contributed by atoms with Gasteiger partial charge in [0.15, 0.2) is 4.34 Å². The Hall–Kier alpha value is -0.910. The Kier molecular flexibility index (Phi) is 3.93. The molecule has 0 saturated heterocycles. The highest BCUT2D eigenvalue weighted by Gasteiger charge is 2.03. The minimum Gasteiger partial charge on any atom is -0.330 e. The molecule has 2 rings (SSSR count). The van der Waals surface area contributed by atoms with Crippen LogP contribution in [0.15, 0.2) is 33.8 Å². The maximum Gasteiger partial charge on any atom is 0.174 e. The van der Waals surface area contributed by atoms with Crippen LogP contribution in [0.1, 0.15) is 11.1 Å². The van der Waals surface area contributed by atoms with E-state index in [1.807, 2.05) is 0 Å². The van der Waals surface area contributed by atoms with E-state index in [4.69, 9.17) is 5.73 Å². The van der Waals surface area contributed by atoms with Crippen molar-refractivity contribution < 1.29 is 0 Å². The summed E-state index contributed by atoms with van der Waals surface area (Å²) < 4.78 is 4.96. The quantitative estimate of drug-likeness (QED) is 0.907. The molecule has 0 radical (unpaired) electrons. The second kappa shape index (κ2) is 5.43. The van der Waals surface area contributed by atoms with Gasteiger partial charge in [0.2, 0.25) is 0 Å². The van der Waals surface area contributed by atoms with Gasteiger partial charge in [0.25, 0.3) is 0 Å². The molecule has 3 nitrogen and oxygen atoms in total. The Morgan fingerprint density at radius 2 is 2.31 bits per heavy atom. The van der Waals surface area contributed by atoms with E-state index in [0.717, 1.165) is 10.8 Å². The smallest absolute Gasteiger partial charge is 0.174 e. The Balaban J connectivity index is 2.15. The van der Waals surface area contributed by atoms with Gasteiger partial charge in [-0.3, -0.25) is 0 Å². The first kappa shape index (κ1) is 11.6. The number of aromatic nitrogens is 2. The summed E-state index contributed by atoms with van der Waals surface area (Å²) in [5.74, 6) is 0. The van der Waals surface area contributed by atoms with Crippen LogP contribution in [0.2, 0.25) is 0 Å². The molecule has 2 aromatic rings. The Morgan fingerprint density at radius 1 is 1.44 bits per heavy atom. The number of hydrogen-bond donors (Lipinski definition) is 1. The van der Waals surface area contributed by atoms with E-state index in [0.29, 0.717) is 6.54 Å². The zero-order valence-corrected chi connectivity index (χ0v) is 10.6. The van der Waals surface area contributed by atoms with Gasteiger partial charge in [0, 0.05) is 4.90 Å². The fourth-order valence-corrected chi connectivity index (χ4v) is 3.00. The number of hydrogen-bond acceptors (Lipinski definition) is 5. The standard InChI is InChI=1S/C11H13N3S2/c1-8-6-10(3-2-9(8)4-5-12)15-11-13-7-14-16-11/h2-3,6-7H,4-5,12H2,1H3. The number of nitrogens with two attached hydrogens (primary N) is 1. The first-order valence-corrected chi connectivity index (χ1v) is 6.62. The highest BCUT2D eigenvalue weighted by Crippen LogP contribution is 2.29. The maximum absolute atomic E-state index is 5.56. The lowest BCUT2D eigenvalue weighted by molar-refractivity contribution is 0.954. The van der Waals surface area contributed by atoms with Gasteiger partial charge in [-0.1, -0.05) is 17.8 Å². The van der Waals surface area contributed by atoms with E-state index in [9.17, 15) is 0 Å². The third-order valence-electron chi connectivity index (χ3n) is 2.27. The van der Waals surface area contributed by atoms with E-state index in [1.54, 1.807) is 18.1 Å². The summed E-state index contributed by atoms with van der Waals surface area (Å²) in [4.78, 5) is 5.35. The van der Waals surface area contributed by atoms with Gasteiger partial charge in [0.05, 0.1) is 0 Å². The number of nitrogens with zero attached hydrogens (tertiary/aromatic N) is 2. The van der Waals surface area contributed by atoms with Gasteiger partial charge < -0.3 is 5.73 Å². The molecule has 0 aliphatic rings. The van der Waals surface area contributed by atoms with Gasteiger partial charge in [-0.05, 0) is 54.7 Å². The van der Waals surface area contributed by atoms with Gasteiger partial charge in [-0.25, -0.2) is 4.98 Å². The van der Waals surface area contributed by atoms with Crippen molar-refractivity contribution in [2.75, 3.05) is 6.54 Å². The van der Waals surface area contributed by atoms with E-state index in [-0.39, 0.29) is 0 Å². The predicted molar refractivity (Wildman–Crippen MR) is 68.0 cm³/mol. The molecule has 84 valence electrons. The molecule has 0 saturated carbocycles. The number of benzene rings is 1. The van der Waals surface area contributed by atoms with Gasteiger partial charge >= 0.3 is 0 Å². The molecule has 0 spiro atoms. The minimum absolute atomic E-state index is 0.698. The average molecular weight is 251 g/mol. The highest BCUT2D eigenvalue weighted by atomic mass is 32.2. The van der Waals surface area contributed by atoms with Crippen molar-refractivity contribution in [2.45, 2.75) is 22.6 Å². The normalized spacial score (nSPS) is 10.6. The molecule has 1 heterocycles. The zero-order chi connectivity index (χ0) is 11.4. The van der Waals surface area contributed by atoms with Crippen molar-refractivity contribution in [3.63, 3.8) is 0 Å². The van der Waals surface area contributed by atoms with Crippen molar-refractivity contribution in [1.29, 1.82) is 0 Å². The van der Waals surface area contributed by atoms with Crippen LogP contribution in [0.5, 0.6) is 0 Å². The van der Waals surface area contributed by atoms with Gasteiger partial charge in [-0.2, -0.15) is 4.37 Å². The summed E-state index contributed by atoms with van der Waals surface area (Å²) in [6, 6.07) is 6.44. The molecule has 0 atom stereocenters. The summed E-state index contributed by atoms with van der Waals surface area (Å²) in [6.07, 6.45) is 2.53. The van der Waals surface area contributed by atoms with Gasteiger partial charge in [-0.15, -0.1) is 0 Å². The third-order valence-corrected chi connectivity index (χ3v) is 3.98. The SMILES string of the molecule is Cc1cc(Sc2ncns2)ccc1CCN. The van der Waals surface area contributed by atoms with Crippen LogP contribution in [0.4, 0.5) is 0 Å². The molecular weight excluding hydrogens is 238 g/mol. The second-order valence-corrected chi connectivity index (χ2v) is 5.54.